The fourth-order valence-electron chi connectivity index (χ4n) is 8.17. The Morgan fingerprint density at radius 1 is 0.667 bits per heavy atom. The molecule has 0 saturated carbocycles. The zero-order chi connectivity index (χ0) is 39.2. The fourth-order valence-corrected chi connectivity index (χ4v) is 8.17. The van der Waals surface area contributed by atoms with E-state index in [4.69, 9.17) is 10.8 Å². The third-order valence-electron chi connectivity index (χ3n) is 10.9. The van der Waals surface area contributed by atoms with Gasteiger partial charge < -0.3 is 20.5 Å². The lowest BCUT2D eigenvalue weighted by molar-refractivity contribution is 0.249. The number of nitrogens with one attached hydrogen (secondary N) is 4. The lowest BCUT2D eigenvalue weighted by Crippen LogP contribution is -2.33. The summed E-state index contributed by atoms with van der Waals surface area (Å²) in [5.74, 6) is 7.34. The summed E-state index contributed by atoms with van der Waals surface area (Å²) in [6.07, 6.45) is 1.50. The number of fused-ring (bicyclic) bond motifs is 6. The SMILES string of the molecule is C=CN(N)c1cccc(NC(=O)NC2c3ccccc3-c3c(-c4cccc(-c5nc(C)n(C)c5NC(=O)NC5c6ccccc6-c6ccccc65)c4)cccc32)c1. The normalized spacial score (nSPS) is 13.5. The van der Waals surface area contributed by atoms with E-state index >= 15 is 0 Å². The lowest BCUT2D eigenvalue weighted by atomic mass is 9.93. The zero-order valence-electron chi connectivity index (χ0n) is 31.5. The molecule has 7 aromatic rings. The Labute approximate surface area is 330 Å². The molecule has 1 atom stereocenters. The van der Waals surface area contributed by atoms with Gasteiger partial charge in [-0.2, -0.15) is 0 Å². The predicted molar refractivity (Wildman–Crippen MR) is 227 cm³/mol. The van der Waals surface area contributed by atoms with Gasteiger partial charge in [0.2, 0.25) is 0 Å². The first-order chi connectivity index (χ1) is 27.8. The van der Waals surface area contributed by atoms with Crippen LogP contribution >= 0.6 is 0 Å². The molecule has 2 aliphatic carbocycles. The number of carbonyl (C=O) groups excluding carboxylic acids is 2. The van der Waals surface area contributed by atoms with E-state index in [-0.39, 0.29) is 24.1 Å². The standard InChI is InChI=1S/C47H40N8O2/c1-4-55(48)32-17-12-16-31(27-32)50-46(56)52-44-39-23-10-7-20-36(39)41-33(24-13-25-40(41)44)29-14-11-15-30(26-29)42-45(54(3)28(2)49-42)53-47(57)51-43-37-21-8-5-18-34(37)35-19-6-9-22-38(35)43/h4-27,43-44H,1,48H2,2-3H3,(H2,50,52,56)(H2,51,53,57). The minimum atomic E-state index is -0.381. The maximum Gasteiger partial charge on any atom is 0.321 e. The van der Waals surface area contributed by atoms with Crippen LogP contribution in [0.15, 0.2) is 152 Å². The van der Waals surface area contributed by atoms with Gasteiger partial charge in [-0.3, -0.25) is 10.3 Å². The monoisotopic (exact) mass is 748 g/mol. The summed E-state index contributed by atoms with van der Waals surface area (Å²) in [5.41, 5.74) is 13.3. The number of rotatable bonds is 8. The maximum absolute atomic E-state index is 13.8. The van der Waals surface area contributed by atoms with E-state index in [1.165, 1.54) is 11.2 Å². The minimum absolute atomic E-state index is 0.281. The van der Waals surface area contributed by atoms with Crippen LogP contribution in [0.1, 0.15) is 40.2 Å². The number of hydrogen-bond acceptors (Lipinski definition) is 5. The van der Waals surface area contributed by atoms with Crippen LogP contribution in [0.3, 0.4) is 0 Å². The molecule has 9 rings (SSSR count). The van der Waals surface area contributed by atoms with E-state index in [2.05, 4.69) is 88.5 Å². The highest BCUT2D eigenvalue weighted by Crippen LogP contribution is 2.48. The third kappa shape index (κ3) is 6.27. The van der Waals surface area contributed by atoms with Gasteiger partial charge in [0.15, 0.2) is 0 Å². The number of aryl methyl sites for hydroxylation is 1. The molecule has 10 nitrogen and oxygen atoms in total. The molecule has 280 valence electrons. The van der Waals surface area contributed by atoms with Crippen LogP contribution in [-0.2, 0) is 7.05 Å². The molecule has 0 aliphatic heterocycles. The van der Waals surface area contributed by atoms with E-state index in [9.17, 15) is 9.59 Å². The van der Waals surface area contributed by atoms with Crippen LogP contribution in [0, 0.1) is 6.92 Å². The third-order valence-corrected chi connectivity index (χ3v) is 10.9. The summed E-state index contributed by atoms with van der Waals surface area (Å²) in [7, 11) is 1.90. The topological polar surface area (TPSA) is 129 Å². The highest BCUT2D eigenvalue weighted by Gasteiger charge is 2.33. The number of hydrazine groups is 1. The Balaban J connectivity index is 1.01. The van der Waals surface area contributed by atoms with Crippen molar-refractivity contribution in [3.63, 3.8) is 0 Å². The number of aromatic nitrogens is 2. The van der Waals surface area contributed by atoms with Crippen molar-refractivity contribution >= 4 is 29.3 Å². The molecule has 4 amide bonds. The van der Waals surface area contributed by atoms with Gasteiger partial charge in [-0.25, -0.2) is 20.4 Å². The van der Waals surface area contributed by atoms with Crippen LogP contribution in [0.2, 0.25) is 0 Å². The van der Waals surface area contributed by atoms with Gasteiger partial charge in [-0.1, -0.05) is 122 Å². The lowest BCUT2D eigenvalue weighted by Gasteiger charge is -2.18. The quantitative estimate of drug-likeness (QED) is 0.0781. The average molecular weight is 749 g/mol. The fraction of sp³-hybridized carbons (Fsp3) is 0.0851. The second kappa shape index (κ2) is 14.3. The van der Waals surface area contributed by atoms with Crippen LogP contribution < -0.4 is 32.1 Å². The number of nitrogens with two attached hydrogens (primary N) is 1. The predicted octanol–water partition coefficient (Wildman–Crippen LogP) is 9.67. The summed E-state index contributed by atoms with van der Waals surface area (Å²) in [5, 5.41) is 14.0. The molecule has 57 heavy (non-hydrogen) atoms. The molecule has 0 saturated heterocycles. The second-order valence-corrected chi connectivity index (χ2v) is 14.2. The van der Waals surface area contributed by atoms with Crippen LogP contribution in [0.4, 0.5) is 26.8 Å². The molecule has 0 fully saturated rings. The second-order valence-electron chi connectivity index (χ2n) is 14.2. The van der Waals surface area contributed by atoms with Crippen molar-refractivity contribution in [3.8, 4) is 44.6 Å². The first-order valence-corrected chi connectivity index (χ1v) is 18.7. The van der Waals surface area contributed by atoms with Crippen molar-refractivity contribution in [2.24, 2.45) is 12.9 Å². The number of nitrogens with zero attached hydrogens (tertiary/aromatic N) is 3. The number of urea groups is 2. The number of anilines is 3. The summed E-state index contributed by atoms with van der Waals surface area (Å²) in [6.45, 7) is 5.64. The Morgan fingerprint density at radius 2 is 1.21 bits per heavy atom. The molecule has 6 N–H and O–H groups in total. The molecule has 0 radical (unpaired) electrons. The number of amides is 4. The molecule has 1 heterocycles. The van der Waals surface area contributed by atoms with Gasteiger partial charge in [-0.05, 0) is 86.8 Å². The van der Waals surface area contributed by atoms with Crippen LogP contribution in [-0.4, -0.2) is 21.6 Å². The summed E-state index contributed by atoms with van der Waals surface area (Å²) >= 11 is 0. The van der Waals surface area contributed by atoms with E-state index in [0.29, 0.717) is 22.9 Å². The first-order valence-electron chi connectivity index (χ1n) is 18.7. The number of benzene rings is 6. The summed E-state index contributed by atoms with van der Waals surface area (Å²) < 4.78 is 1.90. The summed E-state index contributed by atoms with van der Waals surface area (Å²) in [4.78, 5) is 32.3. The van der Waals surface area contributed by atoms with Crippen molar-refractivity contribution < 1.29 is 9.59 Å². The van der Waals surface area contributed by atoms with Crippen LogP contribution in [0.25, 0.3) is 44.6 Å². The molecular formula is C47H40N8O2. The molecule has 6 aromatic carbocycles. The Hall–Kier alpha value is -7.43. The smallest absolute Gasteiger partial charge is 0.321 e. The number of hydrogen-bond donors (Lipinski definition) is 5. The van der Waals surface area contributed by atoms with Crippen molar-refractivity contribution in [1.29, 1.82) is 0 Å². The largest absolute Gasteiger partial charge is 0.327 e. The molecule has 1 unspecified atom stereocenters. The van der Waals surface area contributed by atoms with Crippen molar-refractivity contribution in [2.45, 2.75) is 19.0 Å². The first kappa shape index (κ1) is 35.3. The molecule has 2 aliphatic rings. The van der Waals surface area contributed by atoms with Gasteiger partial charge in [0.25, 0.3) is 0 Å². The molecular weight excluding hydrogens is 709 g/mol. The minimum Gasteiger partial charge on any atom is -0.327 e. The highest BCUT2D eigenvalue weighted by atomic mass is 16.2. The van der Waals surface area contributed by atoms with Gasteiger partial charge in [0, 0.05) is 24.5 Å². The number of carbonyl (C=O) groups is 2. The Morgan fingerprint density at radius 3 is 1.91 bits per heavy atom. The molecule has 0 spiro atoms. The molecule has 1 aromatic heterocycles. The van der Waals surface area contributed by atoms with E-state index in [1.807, 2.05) is 91.3 Å². The van der Waals surface area contributed by atoms with Gasteiger partial charge >= 0.3 is 12.1 Å². The van der Waals surface area contributed by atoms with Gasteiger partial charge in [0.05, 0.1) is 17.8 Å². The highest BCUT2D eigenvalue weighted by molar-refractivity contribution is 5.97. The van der Waals surface area contributed by atoms with E-state index < -0.39 is 0 Å². The van der Waals surface area contributed by atoms with Gasteiger partial charge in [-0.15, -0.1) is 0 Å². The summed E-state index contributed by atoms with van der Waals surface area (Å²) in [6, 6.07) is 44.9. The van der Waals surface area contributed by atoms with Crippen molar-refractivity contribution in [2.75, 3.05) is 15.6 Å². The number of imidazole rings is 1. The van der Waals surface area contributed by atoms with Gasteiger partial charge in [0.1, 0.15) is 17.3 Å². The average Bonchev–Trinajstić information content (AvgIpc) is 3.84. The molecule has 10 heteroatoms. The van der Waals surface area contributed by atoms with E-state index in [0.717, 1.165) is 67.0 Å². The van der Waals surface area contributed by atoms with Crippen molar-refractivity contribution in [3.05, 3.63) is 180 Å². The zero-order valence-corrected chi connectivity index (χ0v) is 31.5. The van der Waals surface area contributed by atoms with E-state index in [1.54, 1.807) is 6.07 Å². The Kier molecular flexibility index (Phi) is 8.87. The Bertz CT molecular complexity index is 2690. The van der Waals surface area contributed by atoms with Crippen LogP contribution in [0.5, 0.6) is 0 Å². The van der Waals surface area contributed by atoms with Crippen molar-refractivity contribution in [1.82, 2.24) is 20.2 Å². The maximum atomic E-state index is 13.8. The molecule has 0 bridgehead atoms.